The van der Waals surface area contributed by atoms with Crippen LogP contribution >= 0.6 is 0 Å². The first kappa shape index (κ1) is 19.7. The normalized spacial score (nSPS) is 11.9. The highest BCUT2D eigenvalue weighted by molar-refractivity contribution is 5.78. The second kappa shape index (κ2) is 9.17. The molecule has 1 aromatic heterocycles. The third kappa shape index (κ3) is 4.93. The Balaban J connectivity index is 2.20. The van der Waals surface area contributed by atoms with Gasteiger partial charge in [0.25, 0.3) is 0 Å². The second-order valence-corrected chi connectivity index (χ2v) is 5.52. The molecule has 0 fully saturated rings. The fraction of sp³-hybridized carbons (Fsp3) is 0. The van der Waals surface area contributed by atoms with Gasteiger partial charge >= 0.3 is 0 Å². The van der Waals surface area contributed by atoms with E-state index in [9.17, 15) is 4.39 Å². The lowest BCUT2D eigenvalue weighted by molar-refractivity contribution is 0.509. The van der Waals surface area contributed by atoms with Gasteiger partial charge in [0.1, 0.15) is 5.82 Å². The lowest BCUT2D eigenvalue weighted by Crippen LogP contribution is -2.23. The van der Waals surface area contributed by atoms with Gasteiger partial charge in [0.15, 0.2) is 0 Å². The smallest absolute Gasteiger partial charge is 0.125 e. The van der Waals surface area contributed by atoms with Crippen LogP contribution in [0, 0.1) is 5.82 Å². The highest BCUT2D eigenvalue weighted by Crippen LogP contribution is 2.23. The number of rotatable bonds is 8. The predicted molar refractivity (Wildman–Crippen MR) is 108 cm³/mol. The van der Waals surface area contributed by atoms with Crippen LogP contribution < -0.4 is 11.6 Å². The van der Waals surface area contributed by atoms with Crippen LogP contribution in [-0.4, -0.2) is 14.8 Å². The Morgan fingerprint density at radius 2 is 2.04 bits per heavy atom. The van der Waals surface area contributed by atoms with Crippen LogP contribution in [-0.2, 0) is 0 Å². The molecule has 138 valence electrons. The molecule has 5 nitrogen and oxygen atoms in total. The number of hydrogen-bond acceptors (Lipinski definition) is 4. The average molecular weight is 363 g/mol. The van der Waals surface area contributed by atoms with Crippen LogP contribution in [0.1, 0.15) is 5.69 Å². The molecule has 1 aromatic carbocycles. The molecular weight excluding hydrogens is 341 g/mol. The fourth-order valence-electron chi connectivity index (χ4n) is 2.28. The van der Waals surface area contributed by atoms with Gasteiger partial charge in [-0.25, -0.2) is 14.9 Å². The van der Waals surface area contributed by atoms with Gasteiger partial charge < -0.3 is 5.73 Å². The van der Waals surface area contributed by atoms with Crippen LogP contribution in [0.4, 0.5) is 4.39 Å². The largest absolute Gasteiger partial charge is 0.405 e. The van der Waals surface area contributed by atoms with Crippen molar-refractivity contribution in [2.45, 2.75) is 0 Å². The minimum Gasteiger partial charge on any atom is -0.405 e. The van der Waals surface area contributed by atoms with Crippen molar-refractivity contribution in [2.75, 3.05) is 0 Å². The lowest BCUT2D eigenvalue weighted by Gasteiger charge is -2.15. The average Bonchev–Trinajstić information content (AvgIpc) is 3.15. The minimum atomic E-state index is -0.340. The Kier molecular flexibility index (Phi) is 6.68. The maximum atomic E-state index is 13.5. The number of halogens is 1. The summed E-state index contributed by atoms with van der Waals surface area (Å²) in [6.45, 7) is 11.8. The van der Waals surface area contributed by atoms with Gasteiger partial charge in [-0.15, -0.1) is 0 Å². The van der Waals surface area contributed by atoms with E-state index in [1.54, 1.807) is 59.6 Å². The van der Waals surface area contributed by atoms with Gasteiger partial charge in [-0.05, 0) is 65.9 Å². The summed E-state index contributed by atoms with van der Waals surface area (Å²) in [6.07, 6.45) is 11.3. The van der Waals surface area contributed by atoms with Crippen molar-refractivity contribution in [3.8, 4) is 5.69 Å². The van der Waals surface area contributed by atoms with E-state index in [0.717, 1.165) is 0 Å². The van der Waals surface area contributed by atoms with E-state index in [4.69, 9.17) is 11.6 Å². The van der Waals surface area contributed by atoms with E-state index >= 15 is 0 Å². The Morgan fingerprint density at radius 3 is 2.70 bits per heavy atom. The Bertz CT molecular complexity index is 934. The van der Waals surface area contributed by atoms with Crippen molar-refractivity contribution in [1.82, 2.24) is 14.8 Å². The Hall–Kier alpha value is -3.64. The number of nitrogens with two attached hydrogens (primary N) is 2. The highest BCUT2D eigenvalue weighted by Gasteiger charge is 2.10. The van der Waals surface area contributed by atoms with E-state index in [0.29, 0.717) is 28.2 Å². The second-order valence-electron chi connectivity index (χ2n) is 5.52. The Morgan fingerprint density at radius 1 is 1.26 bits per heavy atom. The molecule has 0 aliphatic heterocycles. The SMILES string of the molecule is C=C/C(=C\C=C/N)N(N)/C=C\C(=C)C(=C)c1ccnn1-c1cccc(F)c1. The molecule has 6 heteroatoms. The number of benzene rings is 1. The third-order valence-electron chi connectivity index (χ3n) is 3.71. The molecule has 0 aliphatic carbocycles. The van der Waals surface area contributed by atoms with Crippen molar-refractivity contribution < 1.29 is 4.39 Å². The molecule has 1 heterocycles. The highest BCUT2D eigenvalue weighted by atomic mass is 19.1. The van der Waals surface area contributed by atoms with Gasteiger partial charge in [0.2, 0.25) is 0 Å². The summed E-state index contributed by atoms with van der Waals surface area (Å²) in [5, 5.41) is 5.63. The molecule has 4 N–H and O–H groups in total. The number of nitrogens with zero attached hydrogens (tertiary/aromatic N) is 3. The molecule has 0 aliphatic rings. The van der Waals surface area contributed by atoms with Crippen molar-refractivity contribution in [3.05, 3.63) is 116 Å². The molecule has 27 heavy (non-hydrogen) atoms. The molecular formula is C21H22FN5. The zero-order chi connectivity index (χ0) is 19.8. The molecule has 0 saturated heterocycles. The maximum Gasteiger partial charge on any atom is 0.125 e. The zero-order valence-corrected chi connectivity index (χ0v) is 14.9. The van der Waals surface area contributed by atoms with Crippen molar-refractivity contribution in [2.24, 2.45) is 11.6 Å². The zero-order valence-electron chi connectivity index (χ0n) is 14.9. The van der Waals surface area contributed by atoms with Gasteiger partial charge in [-0.3, -0.25) is 5.01 Å². The number of hydrogen-bond donors (Lipinski definition) is 2. The van der Waals surface area contributed by atoms with Crippen LogP contribution in [0.3, 0.4) is 0 Å². The molecule has 0 bridgehead atoms. The first-order chi connectivity index (χ1) is 13.0. The van der Waals surface area contributed by atoms with E-state index in [-0.39, 0.29) is 5.82 Å². The van der Waals surface area contributed by atoms with Gasteiger partial charge in [0.05, 0.1) is 23.3 Å². The number of aromatic nitrogens is 2. The van der Waals surface area contributed by atoms with Gasteiger partial charge in [-0.1, -0.05) is 25.8 Å². The maximum absolute atomic E-state index is 13.5. The first-order valence-corrected chi connectivity index (χ1v) is 8.09. The number of allylic oxidation sites excluding steroid dienone is 6. The summed E-state index contributed by atoms with van der Waals surface area (Å²) < 4.78 is 15.1. The third-order valence-corrected chi connectivity index (χ3v) is 3.71. The predicted octanol–water partition coefficient (Wildman–Crippen LogP) is 3.81. The van der Waals surface area contributed by atoms with E-state index in [2.05, 4.69) is 24.8 Å². The minimum absolute atomic E-state index is 0.340. The summed E-state index contributed by atoms with van der Waals surface area (Å²) in [7, 11) is 0. The molecule has 0 amide bonds. The molecule has 0 spiro atoms. The van der Waals surface area contributed by atoms with Crippen molar-refractivity contribution >= 4 is 5.57 Å². The standard InChI is InChI=1S/C21H22FN5/c1-4-19(9-6-12-23)26(24)14-11-16(2)17(3)21-10-13-25-27(21)20-8-5-7-18(22)15-20/h4-15H,1-3,23-24H2/b12-6-,14-11-,19-9+. The summed E-state index contributed by atoms with van der Waals surface area (Å²) in [4.78, 5) is 0. The molecule has 0 saturated carbocycles. The lowest BCUT2D eigenvalue weighted by atomic mass is 10.1. The van der Waals surface area contributed by atoms with E-state index in [1.807, 2.05) is 0 Å². The molecule has 0 atom stereocenters. The molecule has 0 radical (unpaired) electrons. The molecule has 2 rings (SSSR count). The first-order valence-electron chi connectivity index (χ1n) is 8.09. The summed E-state index contributed by atoms with van der Waals surface area (Å²) >= 11 is 0. The topological polar surface area (TPSA) is 73.1 Å². The van der Waals surface area contributed by atoms with E-state index < -0.39 is 0 Å². The summed E-state index contributed by atoms with van der Waals surface area (Å²) in [6, 6.07) is 7.95. The quantitative estimate of drug-likeness (QED) is 0.425. The van der Waals surface area contributed by atoms with Crippen LogP contribution in [0.5, 0.6) is 0 Å². The fourth-order valence-corrected chi connectivity index (χ4v) is 2.28. The van der Waals surface area contributed by atoms with E-state index in [1.165, 1.54) is 23.3 Å². The van der Waals surface area contributed by atoms with Gasteiger partial charge in [-0.2, -0.15) is 5.10 Å². The number of hydrazine groups is 1. The van der Waals surface area contributed by atoms with Crippen LogP contribution in [0.2, 0.25) is 0 Å². The monoisotopic (exact) mass is 363 g/mol. The van der Waals surface area contributed by atoms with Gasteiger partial charge in [0, 0.05) is 6.20 Å². The molecule has 0 unspecified atom stereocenters. The Labute approximate surface area is 158 Å². The summed E-state index contributed by atoms with van der Waals surface area (Å²) in [5.74, 6) is 5.64. The summed E-state index contributed by atoms with van der Waals surface area (Å²) in [5.41, 5.74) is 8.53. The van der Waals surface area contributed by atoms with Crippen molar-refractivity contribution in [1.29, 1.82) is 0 Å². The van der Waals surface area contributed by atoms with Crippen molar-refractivity contribution in [3.63, 3.8) is 0 Å². The van der Waals surface area contributed by atoms with Crippen LogP contribution in [0.25, 0.3) is 11.3 Å². The van der Waals surface area contributed by atoms with Crippen LogP contribution in [0.15, 0.2) is 104 Å². The molecule has 2 aromatic rings.